The van der Waals surface area contributed by atoms with Gasteiger partial charge in [-0.05, 0) is 37.3 Å². The molecule has 2 rings (SSSR count). The summed E-state index contributed by atoms with van der Waals surface area (Å²) in [5.41, 5.74) is 1.30. The first-order valence-corrected chi connectivity index (χ1v) is 6.42. The minimum Gasteiger partial charge on any atom is -0.467 e. The average molecular weight is 279 g/mol. The van der Waals surface area contributed by atoms with Crippen LogP contribution in [0.5, 0.6) is 0 Å². The van der Waals surface area contributed by atoms with Gasteiger partial charge in [0.2, 0.25) is 0 Å². The van der Waals surface area contributed by atoms with Crippen molar-refractivity contribution in [2.45, 2.75) is 13.5 Å². The van der Waals surface area contributed by atoms with Crippen LogP contribution in [0.2, 0.25) is 5.02 Å². The van der Waals surface area contributed by atoms with Crippen LogP contribution in [0.15, 0.2) is 41.0 Å². The van der Waals surface area contributed by atoms with E-state index >= 15 is 0 Å². The molecule has 0 unspecified atom stereocenters. The lowest BCUT2D eigenvalue weighted by atomic mass is 10.1. The lowest BCUT2D eigenvalue weighted by Gasteiger charge is -2.11. The normalized spacial score (nSPS) is 10.2. The molecular weight excluding hydrogens is 264 g/mol. The highest BCUT2D eigenvalue weighted by Gasteiger charge is 2.12. The molecule has 100 valence electrons. The summed E-state index contributed by atoms with van der Waals surface area (Å²) in [5, 5.41) is 6.46. The van der Waals surface area contributed by atoms with Gasteiger partial charge in [-0.3, -0.25) is 4.79 Å². The number of anilines is 1. The number of benzene rings is 1. The van der Waals surface area contributed by atoms with Crippen molar-refractivity contribution in [1.29, 1.82) is 0 Å². The van der Waals surface area contributed by atoms with Crippen LogP contribution in [-0.2, 0) is 6.54 Å². The van der Waals surface area contributed by atoms with Gasteiger partial charge >= 0.3 is 0 Å². The van der Waals surface area contributed by atoms with Gasteiger partial charge in [-0.25, -0.2) is 0 Å². The molecule has 0 aliphatic heterocycles. The molecular formula is C14H15ClN2O2. The molecule has 0 spiro atoms. The Labute approximate surface area is 116 Å². The molecule has 0 fully saturated rings. The maximum Gasteiger partial charge on any atom is 0.253 e. The van der Waals surface area contributed by atoms with Gasteiger partial charge in [-0.15, -0.1) is 0 Å². The summed E-state index contributed by atoms with van der Waals surface area (Å²) in [7, 11) is 0. The van der Waals surface area contributed by atoms with E-state index in [9.17, 15) is 4.79 Å². The molecule has 1 aromatic heterocycles. The van der Waals surface area contributed by atoms with E-state index in [-0.39, 0.29) is 5.91 Å². The van der Waals surface area contributed by atoms with Crippen LogP contribution in [-0.4, -0.2) is 12.5 Å². The summed E-state index contributed by atoms with van der Waals surface area (Å²) in [5.74, 6) is 0.523. The van der Waals surface area contributed by atoms with Gasteiger partial charge in [-0.1, -0.05) is 11.6 Å². The van der Waals surface area contributed by atoms with E-state index in [0.29, 0.717) is 22.9 Å². The van der Waals surface area contributed by atoms with Gasteiger partial charge in [0.1, 0.15) is 5.76 Å². The quantitative estimate of drug-likeness (QED) is 0.882. The highest BCUT2D eigenvalue weighted by molar-refractivity contribution is 6.31. The molecule has 0 saturated carbocycles. The van der Waals surface area contributed by atoms with Gasteiger partial charge in [-0.2, -0.15) is 0 Å². The number of furan rings is 1. The van der Waals surface area contributed by atoms with Crippen molar-refractivity contribution in [3.05, 3.63) is 52.9 Å². The number of halogens is 1. The molecule has 2 N–H and O–H groups in total. The van der Waals surface area contributed by atoms with Gasteiger partial charge in [0.15, 0.2) is 0 Å². The maximum atomic E-state index is 12.1. The molecule has 0 bridgehead atoms. The summed E-state index contributed by atoms with van der Waals surface area (Å²) in [6.07, 6.45) is 1.57. The third-order valence-corrected chi connectivity index (χ3v) is 2.83. The number of amides is 1. The summed E-state index contributed by atoms with van der Waals surface area (Å²) in [6, 6.07) is 8.79. The van der Waals surface area contributed by atoms with Crippen LogP contribution in [0.25, 0.3) is 0 Å². The lowest BCUT2D eigenvalue weighted by molar-refractivity contribution is 0.0949. The van der Waals surface area contributed by atoms with Gasteiger partial charge in [0, 0.05) is 17.3 Å². The molecule has 0 atom stereocenters. The number of rotatable bonds is 5. The summed E-state index contributed by atoms with van der Waals surface area (Å²) < 4.78 is 5.16. The SMILES string of the molecule is CCNc1ccc(Cl)cc1C(=O)NCc1ccco1. The van der Waals surface area contributed by atoms with Crippen LogP contribution < -0.4 is 10.6 Å². The van der Waals surface area contributed by atoms with Crippen LogP contribution in [0.4, 0.5) is 5.69 Å². The van der Waals surface area contributed by atoms with Crippen LogP contribution >= 0.6 is 11.6 Å². The molecule has 0 radical (unpaired) electrons. The van der Waals surface area contributed by atoms with Crippen molar-refractivity contribution in [2.24, 2.45) is 0 Å². The van der Waals surface area contributed by atoms with Gasteiger partial charge in [0.25, 0.3) is 5.91 Å². The second kappa shape index (κ2) is 6.29. The predicted molar refractivity (Wildman–Crippen MR) is 75.5 cm³/mol. The molecule has 0 aliphatic rings. The zero-order valence-corrected chi connectivity index (χ0v) is 11.3. The standard InChI is InChI=1S/C14H15ClN2O2/c1-2-16-13-6-5-10(15)8-12(13)14(18)17-9-11-4-3-7-19-11/h3-8,16H,2,9H2,1H3,(H,17,18). The molecule has 0 saturated heterocycles. The summed E-state index contributed by atoms with van der Waals surface area (Å²) in [4.78, 5) is 12.1. The predicted octanol–water partition coefficient (Wildman–Crippen LogP) is 3.29. The highest BCUT2D eigenvalue weighted by atomic mass is 35.5. The molecule has 19 heavy (non-hydrogen) atoms. The van der Waals surface area contributed by atoms with Crippen molar-refractivity contribution in [3.8, 4) is 0 Å². The molecule has 0 aliphatic carbocycles. The zero-order chi connectivity index (χ0) is 13.7. The van der Waals surface area contributed by atoms with Crippen LogP contribution in [0.1, 0.15) is 23.0 Å². The monoisotopic (exact) mass is 278 g/mol. The molecule has 1 heterocycles. The second-order valence-corrected chi connectivity index (χ2v) is 4.42. The Morgan fingerprint density at radius 2 is 2.21 bits per heavy atom. The van der Waals surface area contributed by atoms with Gasteiger partial charge < -0.3 is 15.1 Å². The van der Waals surface area contributed by atoms with Crippen molar-refractivity contribution in [2.75, 3.05) is 11.9 Å². The fraction of sp³-hybridized carbons (Fsp3) is 0.214. The zero-order valence-electron chi connectivity index (χ0n) is 10.6. The number of hydrogen-bond donors (Lipinski definition) is 2. The Hall–Kier alpha value is -1.94. The minimum absolute atomic E-state index is 0.185. The Kier molecular flexibility index (Phi) is 4.47. The topological polar surface area (TPSA) is 54.3 Å². The number of carbonyl (C=O) groups excluding carboxylic acids is 1. The lowest BCUT2D eigenvalue weighted by Crippen LogP contribution is -2.23. The Morgan fingerprint density at radius 3 is 2.89 bits per heavy atom. The first-order chi connectivity index (χ1) is 9.20. The minimum atomic E-state index is -0.185. The Balaban J connectivity index is 2.11. The van der Waals surface area contributed by atoms with Crippen molar-refractivity contribution >= 4 is 23.2 Å². The third kappa shape index (κ3) is 3.51. The molecule has 1 amide bonds. The van der Waals surface area contributed by atoms with E-state index < -0.39 is 0 Å². The summed E-state index contributed by atoms with van der Waals surface area (Å²) >= 11 is 5.93. The number of carbonyl (C=O) groups is 1. The van der Waals surface area contributed by atoms with E-state index in [1.807, 2.05) is 13.0 Å². The van der Waals surface area contributed by atoms with E-state index in [2.05, 4.69) is 10.6 Å². The molecule has 4 nitrogen and oxygen atoms in total. The fourth-order valence-corrected chi connectivity index (χ4v) is 1.90. The second-order valence-electron chi connectivity index (χ2n) is 3.98. The molecule has 2 aromatic rings. The maximum absolute atomic E-state index is 12.1. The van der Waals surface area contributed by atoms with E-state index in [4.69, 9.17) is 16.0 Å². The Morgan fingerprint density at radius 1 is 1.37 bits per heavy atom. The summed E-state index contributed by atoms with van der Waals surface area (Å²) in [6.45, 7) is 3.06. The van der Waals surface area contributed by atoms with Crippen molar-refractivity contribution in [1.82, 2.24) is 5.32 Å². The van der Waals surface area contributed by atoms with E-state index in [1.165, 1.54) is 0 Å². The first kappa shape index (κ1) is 13.5. The van der Waals surface area contributed by atoms with Crippen molar-refractivity contribution < 1.29 is 9.21 Å². The van der Waals surface area contributed by atoms with Gasteiger partial charge in [0.05, 0.1) is 18.4 Å². The highest BCUT2D eigenvalue weighted by Crippen LogP contribution is 2.20. The molecule has 5 heteroatoms. The Bertz CT molecular complexity index is 553. The number of hydrogen-bond acceptors (Lipinski definition) is 3. The van der Waals surface area contributed by atoms with E-state index in [0.717, 1.165) is 12.2 Å². The average Bonchev–Trinajstić information content (AvgIpc) is 2.91. The van der Waals surface area contributed by atoms with Crippen LogP contribution in [0.3, 0.4) is 0 Å². The fourth-order valence-electron chi connectivity index (χ4n) is 1.72. The number of nitrogens with one attached hydrogen (secondary N) is 2. The third-order valence-electron chi connectivity index (χ3n) is 2.60. The van der Waals surface area contributed by atoms with Crippen molar-refractivity contribution in [3.63, 3.8) is 0 Å². The smallest absolute Gasteiger partial charge is 0.253 e. The van der Waals surface area contributed by atoms with Crippen LogP contribution in [0, 0.1) is 0 Å². The first-order valence-electron chi connectivity index (χ1n) is 6.04. The molecule has 1 aromatic carbocycles. The largest absolute Gasteiger partial charge is 0.467 e. The van der Waals surface area contributed by atoms with E-state index in [1.54, 1.807) is 30.5 Å².